The minimum atomic E-state index is -0.387. The van der Waals surface area contributed by atoms with Crippen LogP contribution >= 0.6 is 11.3 Å². The highest BCUT2D eigenvalue weighted by atomic mass is 32.1. The van der Waals surface area contributed by atoms with E-state index < -0.39 is 0 Å². The van der Waals surface area contributed by atoms with Gasteiger partial charge in [-0.05, 0) is 44.5 Å². The van der Waals surface area contributed by atoms with Gasteiger partial charge in [-0.3, -0.25) is 4.79 Å². The fourth-order valence-electron chi connectivity index (χ4n) is 1.61. The smallest absolute Gasteiger partial charge is 0.353 e. The van der Waals surface area contributed by atoms with Crippen LogP contribution in [0.4, 0.5) is 0 Å². The first-order valence-corrected chi connectivity index (χ1v) is 6.69. The summed E-state index contributed by atoms with van der Waals surface area (Å²) in [6, 6.07) is 8.45. The largest absolute Gasteiger partial charge is 0.422 e. The molecule has 0 saturated heterocycles. The summed E-state index contributed by atoms with van der Waals surface area (Å²) in [4.78, 5) is 24.9. The van der Waals surface area contributed by atoms with Crippen LogP contribution in [0.15, 0.2) is 30.3 Å². The molecule has 3 nitrogen and oxygen atoms in total. The second kappa shape index (κ2) is 5.36. The van der Waals surface area contributed by atoms with Gasteiger partial charge in [-0.1, -0.05) is 12.1 Å². The van der Waals surface area contributed by atoms with E-state index in [1.165, 1.54) is 18.3 Å². The summed E-state index contributed by atoms with van der Waals surface area (Å²) >= 11 is 1.41. The molecule has 2 aromatic rings. The summed E-state index contributed by atoms with van der Waals surface area (Å²) in [5, 5.41) is 0. The molecule has 0 aliphatic heterocycles. The number of aryl methyl sites for hydroxylation is 2. The Labute approximate surface area is 115 Å². The topological polar surface area (TPSA) is 43.4 Å². The summed E-state index contributed by atoms with van der Waals surface area (Å²) in [5.41, 5.74) is 1.61. The molecule has 0 bridgehead atoms. The van der Waals surface area contributed by atoms with Crippen molar-refractivity contribution in [2.75, 3.05) is 0 Å². The normalized spacial score (nSPS) is 10.3. The van der Waals surface area contributed by atoms with E-state index in [1.807, 2.05) is 19.9 Å². The maximum atomic E-state index is 12.0. The molecule has 4 heteroatoms. The van der Waals surface area contributed by atoms with Crippen LogP contribution in [0.5, 0.6) is 5.75 Å². The first kappa shape index (κ1) is 13.5. The Bertz CT molecular complexity index is 621. The second-order valence-electron chi connectivity index (χ2n) is 4.32. The number of ether oxygens (including phenoxy) is 1. The molecule has 1 aromatic carbocycles. The van der Waals surface area contributed by atoms with Crippen molar-refractivity contribution in [3.63, 3.8) is 0 Å². The molecule has 0 atom stereocenters. The van der Waals surface area contributed by atoms with E-state index >= 15 is 0 Å². The van der Waals surface area contributed by atoms with E-state index in [2.05, 4.69) is 0 Å². The van der Waals surface area contributed by atoms with Crippen molar-refractivity contribution in [1.82, 2.24) is 0 Å². The lowest BCUT2D eigenvalue weighted by Crippen LogP contribution is -2.06. The van der Waals surface area contributed by atoms with E-state index in [0.29, 0.717) is 16.2 Å². The van der Waals surface area contributed by atoms with Gasteiger partial charge in [-0.2, -0.15) is 0 Å². The van der Waals surface area contributed by atoms with Gasteiger partial charge in [0.15, 0.2) is 5.78 Å². The molecular formula is C15H14O3S. The number of esters is 1. The van der Waals surface area contributed by atoms with Crippen LogP contribution in [0.25, 0.3) is 0 Å². The molecule has 0 aliphatic carbocycles. The Balaban J connectivity index is 2.19. The zero-order valence-electron chi connectivity index (χ0n) is 11.0. The van der Waals surface area contributed by atoms with Gasteiger partial charge in [-0.25, -0.2) is 4.79 Å². The van der Waals surface area contributed by atoms with Crippen LogP contribution < -0.4 is 4.74 Å². The number of hydrogen-bond acceptors (Lipinski definition) is 4. The standard InChI is InChI=1S/C15H14O3S/c1-9-7-14(19-11(9)3)15(17)18-13-6-4-5-12(8-13)10(2)16/h4-8H,1-3H3. The van der Waals surface area contributed by atoms with Gasteiger partial charge in [0.1, 0.15) is 10.6 Å². The van der Waals surface area contributed by atoms with Crippen LogP contribution in [0, 0.1) is 13.8 Å². The molecule has 1 heterocycles. The quantitative estimate of drug-likeness (QED) is 0.486. The zero-order chi connectivity index (χ0) is 14.0. The number of rotatable bonds is 3. The van der Waals surface area contributed by atoms with Crippen molar-refractivity contribution in [3.05, 3.63) is 51.2 Å². The highest BCUT2D eigenvalue weighted by Crippen LogP contribution is 2.23. The number of Topliss-reactive ketones (excluding diaryl/α,β-unsaturated/α-hetero) is 1. The lowest BCUT2D eigenvalue weighted by atomic mass is 10.1. The molecule has 0 saturated carbocycles. The molecule has 0 aliphatic rings. The minimum Gasteiger partial charge on any atom is -0.422 e. The second-order valence-corrected chi connectivity index (χ2v) is 5.58. The Morgan fingerprint density at radius 1 is 1.16 bits per heavy atom. The van der Waals surface area contributed by atoms with Gasteiger partial charge in [-0.15, -0.1) is 11.3 Å². The molecule has 0 unspecified atom stereocenters. The van der Waals surface area contributed by atoms with Gasteiger partial charge in [0, 0.05) is 10.4 Å². The van der Waals surface area contributed by atoms with Gasteiger partial charge < -0.3 is 4.74 Å². The van der Waals surface area contributed by atoms with Crippen molar-refractivity contribution in [2.45, 2.75) is 20.8 Å². The number of thiophene rings is 1. The lowest BCUT2D eigenvalue weighted by Gasteiger charge is -2.03. The third kappa shape index (κ3) is 3.09. The van der Waals surface area contributed by atoms with E-state index in [0.717, 1.165) is 10.4 Å². The van der Waals surface area contributed by atoms with Crippen LogP contribution in [0.3, 0.4) is 0 Å². The van der Waals surface area contributed by atoms with E-state index in [1.54, 1.807) is 24.3 Å². The average molecular weight is 274 g/mol. The first-order chi connectivity index (χ1) is 8.97. The third-order valence-corrected chi connectivity index (χ3v) is 3.95. The summed E-state index contributed by atoms with van der Waals surface area (Å²) < 4.78 is 5.28. The van der Waals surface area contributed by atoms with E-state index in [9.17, 15) is 9.59 Å². The number of hydrogen-bond donors (Lipinski definition) is 0. The first-order valence-electron chi connectivity index (χ1n) is 5.87. The molecule has 0 fully saturated rings. The molecule has 1 aromatic heterocycles. The van der Waals surface area contributed by atoms with Gasteiger partial charge in [0.25, 0.3) is 0 Å². The highest BCUT2D eigenvalue weighted by molar-refractivity contribution is 7.14. The SMILES string of the molecule is CC(=O)c1cccc(OC(=O)c2cc(C)c(C)s2)c1. The Morgan fingerprint density at radius 3 is 2.47 bits per heavy atom. The predicted octanol–water partition coefficient (Wildman–Crippen LogP) is 3.79. The van der Waals surface area contributed by atoms with Crippen molar-refractivity contribution in [3.8, 4) is 5.75 Å². The molecule has 2 rings (SSSR count). The molecule has 0 amide bonds. The highest BCUT2D eigenvalue weighted by Gasteiger charge is 2.13. The summed E-state index contributed by atoms with van der Waals surface area (Å²) in [6.07, 6.45) is 0. The molecular weight excluding hydrogens is 260 g/mol. The molecule has 19 heavy (non-hydrogen) atoms. The third-order valence-electron chi connectivity index (χ3n) is 2.82. The predicted molar refractivity (Wildman–Crippen MR) is 75.2 cm³/mol. The van der Waals surface area contributed by atoms with Crippen molar-refractivity contribution >= 4 is 23.1 Å². The van der Waals surface area contributed by atoms with Gasteiger partial charge >= 0.3 is 5.97 Å². The minimum absolute atomic E-state index is 0.0549. The van der Waals surface area contributed by atoms with Crippen molar-refractivity contribution < 1.29 is 14.3 Å². The Kier molecular flexibility index (Phi) is 3.81. The fraction of sp³-hybridized carbons (Fsp3) is 0.200. The molecule has 0 spiro atoms. The molecule has 98 valence electrons. The lowest BCUT2D eigenvalue weighted by molar-refractivity contribution is 0.0738. The van der Waals surface area contributed by atoms with Crippen molar-refractivity contribution in [1.29, 1.82) is 0 Å². The van der Waals surface area contributed by atoms with E-state index in [4.69, 9.17) is 4.74 Å². The summed E-state index contributed by atoms with van der Waals surface area (Å²) in [5.74, 6) is -0.0518. The maximum Gasteiger partial charge on any atom is 0.353 e. The van der Waals surface area contributed by atoms with Crippen LogP contribution in [0.1, 0.15) is 37.4 Å². The Morgan fingerprint density at radius 2 is 1.89 bits per heavy atom. The number of carbonyl (C=O) groups is 2. The van der Waals surface area contributed by atoms with Crippen molar-refractivity contribution in [2.24, 2.45) is 0 Å². The van der Waals surface area contributed by atoms with Crippen LogP contribution in [-0.4, -0.2) is 11.8 Å². The summed E-state index contributed by atoms with van der Waals surface area (Å²) in [6.45, 7) is 5.40. The number of carbonyl (C=O) groups excluding carboxylic acids is 2. The maximum absolute atomic E-state index is 12.0. The molecule has 0 radical (unpaired) electrons. The zero-order valence-corrected chi connectivity index (χ0v) is 11.8. The average Bonchev–Trinajstić information content (AvgIpc) is 2.70. The van der Waals surface area contributed by atoms with Crippen LogP contribution in [-0.2, 0) is 0 Å². The molecule has 0 N–H and O–H groups in total. The number of ketones is 1. The number of benzene rings is 1. The van der Waals surface area contributed by atoms with Crippen LogP contribution in [0.2, 0.25) is 0 Å². The fourth-order valence-corrected chi connectivity index (χ4v) is 2.52. The monoisotopic (exact) mass is 274 g/mol. The van der Waals surface area contributed by atoms with Gasteiger partial charge in [0.2, 0.25) is 0 Å². The Hall–Kier alpha value is -1.94. The van der Waals surface area contributed by atoms with E-state index in [-0.39, 0.29) is 11.8 Å². The summed E-state index contributed by atoms with van der Waals surface area (Å²) in [7, 11) is 0. The van der Waals surface area contributed by atoms with Gasteiger partial charge in [0.05, 0.1) is 0 Å².